The predicted octanol–water partition coefficient (Wildman–Crippen LogP) is 1.99. The van der Waals surface area contributed by atoms with Crippen LogP contribution in [0, 0.1) is 0 Å². The van der Waals surface area contributed by atoms with Crippen molar-refractivity contribution in [3.63, 3.8) is 0 Å². The van der Waals surface area contributed by atoms with Gasteiger partial charge in [0.25, 0.3) is 0 Å². The first-order chi connectivity index (χ1) is 10.3. The first-order valence-electron chi connectivity index (χ1n) is 6.74. The second-order valence-electron chi connectivity index (χ2n) is 4.80. The van der Waals surface area contributed by atoms with Gasteiger partial charge in [-0.3, -0.25) is 0 Å². The number of benzene rings is 2. The van der Waals surface area contributed by atoms with Crippen LogP contribution in [0.4, 0.5) is 0 Å². The van der Waals surface area contributed by atoms with Crippen LogP contribution in [-0.4, -0.2) is 18.5 Å². The third-order valence-corrected chi connectivity index (χ3v) is 3.35. The molecular weight excluding hydrogens is 270 g/mol. The number of aliphatic hydroxyl groups is 1. The Kier molecular flexibility index (Phi) is 3.94. The van der Waals surface area contributed by atoms with Crippen LogP contribution in [0.3, 0.4) is 0 Å². The predicted molar refractivity (Wildman–Crippen MR) is 77.4 cm³/mol. The van der Waals surface area contributed by atoms with Crippen molar-refractivity contribution >= 4 is 0 Å². The standard InChI is InChI=1S/C16H17NO4/c17-13(8-18)12-3-1-2-4-14(12)19-9-11-5-6-15-16(7-11)21-10-20-15/h1-7,13,18H,8-10,17H2/t13-/m0/s1. The van der Waals surface area contributed by atoms with Crippen molar-refractivity contribution in [3.8, 4) is 17.2 Å². The van der Waals surface area contributed by atoms with Crippen LogP contribution in [0.15, 0.2) is 42.5 Å². The summed E-state index contributed by atoms with van der Waals surface area (Å²) in [6, 6.07) is 12.7. The molecule has 1 aliphatic rings. The van der Waals surface area contributed by atoms with Crippen LogP contribution in [0.5, 0.6) is 17.2 Å². The molecule has 3 N–H and O–H groups in total. The summed E-state index contributed by atoms with van der Waals surface area (Å²) in [5.74, 6) is 2.16. The second-order valence-corrected chi connectivity index (χ2v) is 4.80. The number of aliphatic hydroxyl groups excluding tert-OH is 1. The van der Waals surface area contributed by atoms with E-state index in [-0.39, 0.29) is 13.4 Å². The summed E-state index contributed by atoms with van der Waals surface area (Å²) in [5, 5.41) is 9.19. The minimum Gasteiger partial charge on any atom is -0.489 e. The first-order valence-corrected chi connectivity index (χ1v) is 6.74. The Labute approximate surface area is 122 Å². The monoisotopic (exact) mass is 287 g/mol. The van der Waals surface area contributed by atoms with Gasteiger partial charge in [-0.15, -0.1) is 0 Å². The van der Waals surface area contributed by atoms with E-state index >= 15 is 0 Å². The number of hydrogen-bond acceptors (Lipinski definition) is 5. The van der Waals surface area contributed by atoms with Crippen LogP contribution in [-0.2, 0) is 6.61 Å². The largest absolute Gasteiger partial charge is 0.489 e. The molecule has 1 atom stereocenters. The molecule has 0 saturated heterocycles. The fourth-order valence-corrected chi connectivity index (χ4v) is 2.21. The Bertz CT molecular complexity index is 629. The molecule has 0 fully saturated rings. The third-order valence-electron chi connectivity index (χ3n) is 3.35. The normalized spacial score (nSPS) is 14.0. The van der Waals surface area contributed by atoms with Crippen LogP contribution >= 0.6 is 0 Å². The lowest BCUT2D eigenvalue weighted by atomic mass is 10.1. The molecule has 2 aromatic rings. The molecule has 0 aromatic heterocycles. The fourth-order valence-electron chi connectivity index (χ4n) is 2.21. The summed E-state index contributed by atoms with van der Waals surface area (Å²) in [5.41, 5.74) is 7.64. The van der Waals surface area contributed by atoms with E-state index in [1.165, 1.54) is 0 Å². The number of rotatable bonds is 5. The lowest BCUT2D eigenvalue weighted by Crippen LogP contribution is -2.15. The maximum Gasteiger partial charge on any atom is 0.231 e. The molecule has 3 rings (SSSR count). The molecule has 0 aliphatic carbocycles. The highest BCUT2D eigenvalue weighted by Gasteiger charge is 2.14. The van der Waals surface area contributed by atoms with Gasteiger partial charge in [0.1, 0.15) is 12.4 Å². The Hall–Kier alpha value is -2.24. The average Bonchev–Trinajstić information content (AvgIpc) is 3.00. The minimum atomic E-state index is -0.446. The molecule has 0 saturated carbocycles. The van der Waals surface area contributed by atoms with Gasteiger partial charge in [0.05, 0.1) is 12.6 Å². The number of para-hydroxylation sites is 1. The van der Waals surface area contributed by atoms with E-state index in [1.807, 2.05) is 42.5 Å². The number of ether oxygens (including phenoxy) is 3. The molecule has 21 heavy (non-hydrogen) atoms. The van der Waals surface area contributed by atoms with Crippen molar-refractivity contribution in [2.75, 3.05) is 13.4 Å². The van der Waals surface area contributed by atoms with E-state index in [4.69, 9.17) is 19.9 Å². The zero-order valence-corrected chi connectivity index (χ0v) is 11.5. The van der Waals surface area contributed by atoms with Gasteiger partial charge in [-0.25, -0.2) is 0 Å². The fraction of sp³-hybridized carbons (Fsp3) is 0.250. The van der Waals surface area contributed by atoms with Crippen molar-refractivity contribution in [1.82, 2.24) is 0 Å². The third kappa shape index (κ3) is 2.94. The smallest absolute Gasteiger partial charge is 0.231 e. The van der Waals surface area contributed by atoms with E-state index in [9.17, 15) is 5.11 Å². The van der Waals surface area contributed by atoms with Gasteiger partial charge in [-0.2, -0.15) is 0 Å². The van der Waals surface area contributed by atoms with Crippen molar-refractivity contribution in [2.45, 2.75) is 12.6 Å². The molecule has 1 heterocycles. The van der Waals surface area contributed by atoms with E-state index in [0.717, 1.165) is 22.6 Å². The van der Waals surface area contributed by atoms with Gasteiger partial charge >= 0.3 is 0 Å². The zero-order valence-electron chi connectivity index (χ0n) is 11.5. The van der Waals surface area contributed by atoms with Gasteiger partial charge in [-0.05, 0) is 23.8 Å². The van der Waals surface area contributed by atoms with Gasteiger partial charge < -0.3 is 25.1 Å². The lowest BCUT2D eigenvalue weighted by molar-refractivity contribution is 0.174. The second kappa shape index (κ2) is 6.03. The Morgan fingerprint density at radius 1 is 1.14 bits per heavy atom. The first kappa shape index (κ1) is 13.7. The van der Waals surface area contributed by atoms with Gasteiger partial charge in [-0.1, -0.05) is 24.3 Å². The van der Waals surface area contributed by atoms with Crippen LogP contribution in [0.2, 0.25) is 0 Å². The number of hydrogen-bond donors (Lipinski definition) is 2. The summed E-state index contributed by atoms with van der Waals surface area (Å²) in [6.07, 6.45) is 0. The molecule has 0 amide bonds. The highest BCUT2D eigenvalue weighted by atomic mass is 16.7. The SMILES string of the molecule is N[C@@H](CO)c1ccccc1OCc1ccc2c(c1)OCO2. The Morgan fingerprint density at radius 3 is 2.81 bits per heavy atom. The van der Waals surface area contributed by atoms with Gasteiger partial charge in [0.15, 0.2) is 11.5 Å². The van der Waals surface area contributed by atoms with Crippen molar-refractivity contribution in [3.05, 3.63) is 53.6 Å². The van der Waals surface area contributed by atoms with Crippen molar-refractivity contribution in [1.29, 1.82) is 0 Å². The maximum atomic E-state index is 9.19. The topological polar surface area (TPSA) is 73.9 Å². The summed E-state index contributed by atoms with van der Waals surface area (Å²) in [6.45, 7) is 0.532. The van der Waals surface area contributed by atoms with E-state index in [1.54, 1.807) is 0 Å². The van der Waals surface area contributed by atoms with E-state index in [2.05, 4.69) is 0 Å². The quantitative estimate of drug-likeness (QED) is 0.879. The number of fused-ring (bicyclic) bond motifs is 1. The van der Waals surface area contributed by atoms with E-state index in [0.29, 0.717) is 12.4 Å². The minimum absolute atomic E-state index is 0.121. The molecule has 0 unspecified atom stereocenters. The molecule has 110 valence electrons. The van der Waals surface area contributed by atoms with Crippen LogP contribution in [0.25, 0.3) is 0 Å². The van der Waals surface area contributed by atoms with Crippen LogP contribution < -0.4 is 19.9 Å². The summed E-state index contributed by atoms with van der Waals surface area (Å²) in [7, 11) is 0. The molecule has 0 spiro atoms. The highest BCUT2D eigenvalue weighted by molar-refractivity contribution is 5.44. The van der Waals surface area contributed by atoms with Crippen molar-refractivity contribution < 1.29 is 19.3 Å². The van der Waals surface area contributed by atoms with Gasteiger partial charge in [0.2, 0.25) is 6.79 Å². The summed E-state index contributed by atoms with van der Waals surface area (Å²) < 4.78 is 16.4. The van der Waals surface area contributed by atoms with Crippen LogP contribution in [0.1, 0.15) is 17.2 Å². The zero-order chi connectivity index (χ0) is 14.7. The summed E-state index contributed by atoms with van der Waals surface area (Å²) in [4.78, 5) is 0. The molecule has 2 aromatic carbocycles. The molecule has 5 nitrogen and oxygen atoms in total. The highest BCUT2D eigenvalue weighted by Crippen LogP contribution is 2.33. The molecule has 5 heteroatoms. The van der Waals surface area contributed by atoms with E-state index < -0.39 is 6.04 Å². The number of nitrogens with two attached hydrogens (primary N) is 1. The van der Waals surface area contributed by atoms with Gasteiger partial charge in [0, 0.05) is 5.56 Å². The summed E-state index contributed by atoms with van der Waals surface area (Å²) >= 11 is 0. The Morgan fingerprint density at radius 2 is 1.95 bits per heavy atom. The molecule has 0 radical (unpaired) electrons. The Balaban J connectivity index is 1.73. The van der Waals surface area contributed by atoms with Crippen molar-refractivity contribution in [2.24, 2.45) is 5.73 Å². The molecular formula is C16H17NO4. The molecule has 1 aliphatic heterocycles. The lowest BCUT2D eigenvalue weighted by Gasteiger charge is -2.15. The molecule has 0 bridgehead atoms. The maximum absolute atomic E-state index is 9.19. The average molecular weight is 287 g/mol.